The normalized spacial score (nSPS) is 16.4. The van der Waals surface area contributed by atoms with Gasteiger partial charge in [0.05, 0.1) is 0 Å². The molecule has 2 aromatic rings. The van der Waals surface area contributed by atoms with Crippen LogP contribution in [0.2, 0.25) is 0 Å². The summed E-state index contributed by atoms with van der Waals surface area (Å²) in [4.78, 5) is 28.0. The molecule has 140 valence electrons. The Kier molecular flexibility index (Phi) is 4.71. The molecule has 27 heavy (non-hydrogen) atoms. The minimum Gasteiger partial charge on any atom is -0.484 e. The Balaban J connectivity index is 1.40. The maximum absolute atomic E-state index is 12.7. The number of nitrogens with two attached hydrogens (primary N) is 1. The third-order valence-corrected chi connectivity index (χ3v) is 5.17. The summed E-state index contributed by atoms with van der Waals surface area (Å²) >= 11 is 0. The first-order valence-electron chi connectivity index (χ1n) is 9.34. The fraction of sp³-hybridized carbons (Fsp3) is 0.333. The number of amides is 2. The molecule has 0 saturated carbocycles. The van der Waals surface area contributed by atoms with Gasteiger partial charge < -0.3 is 20.3 Å². The predicted octanol–water partition coefficient (Wildman–Crippen LogP) is 2.75. The third-order valence-electron chi connectivity index (χ3n) is 5.17. The van der Waals surface area contributed by atoms with Crippen LogP contribution in [0.4, 0.5) is 17.1 Å². The minimum absolute atomic E-state index is 0.0315. The quantitative estimate of drug-likeness (QED) is 0.846. The molecule has 0 unspecified atom stereocenters. The minimum atomic E-state index is -0.0830. The van der Waals surface area contributed by atoms with Crippen LogP contribution in [0.25, 0.3) is 0 Å². The Morgan fingerprint density at radius 3 is 2.56 bits per heavy atom. The number of anilines is 3. The van der Waals surface area contributed by atoms with Crippen LogP contribution in [0.3, 0.4) is 0 Å². The molecule has 1 fully saturated rings. The van der Waals surface area contributed by atoms with E-state index < -0.39 is 0 Å². The van der Waals surface area contributed by atoms with Crippen molar-refractivity contribution in [1.29, 1.82) is 0 Å². The summed E-state index contributed by atoms with van der Waals surface area (Å²) in [7, 11) is 0. The van der Waals surface area contributed by atoms with Crippen molar-refractivity contribution in [3.05, 3.63) is 48.0 Å². The summed E-state index contributed by atoms with van der Waals surface area (Å²) in [5, 5.41) is 0. The molecule has 1 saturated heterocycles. The fourth-order valence-corrected chi connectivity index (χ4v) is 3.78. The van der Waals surface area contributed by atoms with Gasteiger partial charge >= 0.3 is 0 Å². The number of carbonyl (C=O) groups excluding carboxylic acids is 2. The highest BCUT2D eigenvalue weighted by molar-refractivity contribution is 5.97. The summed E-state index contributed by atoms with van der Waals surface area (Å²) in [6.07, 6.45) is 3.29. The van der Waals surface area contributed by atoms with Gasteiger partial charge in [0.15, 0.2) is 6.61 Å². The lowest BCUT2D eigenvalue weighted by Gasteiger charge is -2.30. The standard InChI is InChI=1S/C21H23N3O3/c22-18-5-1-6-19-17(18)4-2-13-24(19)21(26)14-27-16-10-8-15(9-11-16)23-12-3-7-20(23)25/h1,5-6,8-11H,2-4,7,12-14,22H2. The zero-order chi connectivity index (χ0) is 18.8. The molecule has 2 aromatic carbocycles. The Bertz CT molecular complexity index is 863. The molecule has 2 N–H and O–H groups in total. The fourth-order valence-electron chi connectivity index (χ4n) is 3.78. The van der Waals surface area contributed by atoms with Crippen molar-refractivity contribution < 1.29 is 14.3 Å². The second kappa shape index (κ2) is 7.31. The van der Waals surface area contributed by atoms with E-state index in [1.54, 1.807) is 21.9 Å². The van der Waals surface area contributed by atoms with Gasteiger partial charge in [0.25, 0.3) is 5.91 Å². The number of nitrogens with zero attached hydrogens (tertiary/aromatic N) is 2. The van der Waals surface area contributed by atoms with Gasteiger partial charge in [-0.15, -0.1) is 0 Å². The van der Waals surface area contributed by atoms with Gasteiger partial charge in [0.2, 0.25) is 5.91 Å². The first-order chi connectivity index (χ1) is 13.1. The van der Waals surface area contributed by atoms with Crippen LogP contribution in [-0.4, -0.2) is 31.5 Å². The van der Waals surface area contributed by atoms with Gasteiger partial charge in [-0.2, -0.15) is 0 Å². The molecular weight excluding hydrogens is 342 g/mol. The van der Waals surface area contributed by atoms with Crippen molar-refractivity contribution in [1.82, 2.24) is 0 Å². The Morgan fingerprint density at radius 1 is 1.04 bits per heavy atom. The van der Waals surface area contributed by atoms with Crippen molar-refractivity contribution >= 4 is 28.9 Å². The SMILES string of the molecule is Nc1cccc2c1CCCN2C(=O)COc1ccc(N2CCCC2=O)cc1. The van der Waals surface area contributed by atoms with Crippen molar-refractivity contribution in [3.8, 4) is 5.75 Å². The number of ether oxygens (including phenoxy) is 1. The van der Waals surface area contributed by atoms with Crippen molar-refractivity contribution in [2.24, 2.45) is 0 Å². The molecule has 0 spiro atoms. The number of hydrogen-bond acceptors (Lipinski definition) is 4. The number of rotatable bonds is 4. The van der Waals surface area contributed by atoms with Gasteiger partial charge in [-0.05, 0) is 61.2 Å². The lowest BCUT2D eigenvalue weighted by molar-refractivity contribution is -0.120. The van der Waals surface area contributed by atoms with E-state index in [9.17, 15) is 9.59 Å². The average molecular weight is 365 g/mol. The zero-order valence-corrected chi connectivity index (χ0v) is 15.2. The molecule has 2 aliphatic rings. The topological polar surface area (TPSA) is 75.9 Å². The van der Waals surface area contributed by atoms with Crippen LogP contribution in [0, 0.1) is 0 Å². The predicted molar refractivity (Wildman–Crippen MR) is 105 cm³/mol. The van der Waals surface area contributed by atoms with E-state index in [1.165, 1.54) is 0 Å². The van der Waals surface area contributed by atoms with Crippen LogP contribution in [0.15, 0.2) is 42.5 Å². The lowest BCUT2D eigenvalue weighted by atomic mass is 10.00. The lowest BCUT2D eigenvalue weighted by Crippen LogP contribution is -2.38. The highest BCUT2D eigenvalue weighted by Crippen LogP contribution is 2.31. The third kappa shape index (κ3) is 3.47. The van der Waals surface area contributed by atoms with E-state index in [4.69, 9.17) is 10.5 Å². The van der Waals surface area contributed by atoms with E-state index in [0.29, 0.717) is 18.7 Å². The van der Waals surface area contributed by atoms with Crippen molar-refractivity contribution in [2.45, 2.75) is 25.7 Å². The number of nitrogen functional groups attached to an aromatic ring is 1. The van der Waals surface area contributed by atoms with Crippen LogP contribution in [-0.2, 0) is 16.0 Å². The van der Waals surface area contributed by atoms with E-state index in [0.717, 1.165) is 48.4 Å². The molecule has 2 aliphatic heterocycles. The maximum Gasteiger partial charge on any atom is 0.264 e. The second-order valence-corrected chi connectivity index (χ2v) is 6.93. The molecule has 2 heterocycles. The van der Waals surface area contributed by atoms with Gasteiger partial charge in [0, 0.05) is 36.6 Å². The molecule has 0 aliphatic carbocycles. The van der Waals surface area contributed by atoms with Crippen LogP contribution < -0.4 is 20.3 Å². The Labute approximate surface area is 158 Å². The van der Waals surface area contributed by atoms with E-state index in [2.05, 4.69) is 0 Å². The van der Waals surface area contributed by atoms with Gasteiger partial charge in [-0.3, -0.25) is 9.59 Å². The average Bonchev–Trinajstić information content (AvgIpc) is 3.12. The summed E-state index contributed by atoms with van der Waals surface area (Å²) in [6, 6.07) is 13.0. The zero-order valence-electron chi connectivity index (χ0n) is 15.2. The van der Waals surface area contributed by atoms with E-state index >= 15 is 0 Å². The second-order valence-electron chi connectivity index (χ2n) is 6.93. The molecule has 0 radical (unpaired) electrons. The van der Waals surface area contributed by atoms with E-state index in [-0.39, 0.29) is 18.4 Å². The van der Waals surface area contributed by atoms with Crippen LogP contribution >= 0.6 is 0 Å². The smallest absolute Gasteiger partial charge is 0.264 e. The summed E-state index contributed by atoms with van der Waals surface area (Å²) in [6.45, 7) is 1.40. The first kappa shape index (κ1) is 17.4. The molecule has 0 atom stereocenters. The van der Waals surface area contributed by atoms with Crippen molar-refractivity contribution in [2.75, 3.05) is 35.2 Å². The van der Waals surface area contributed by atoms with Gasteiger partial charge in [-0.25, -0.2) is 0 Å². The molecule has 6 nitrogen and oxygen atoms in total. The molecule has 6 heteroatoms. The summed E-state index contributed by atoms with van der Waals surface area (Å²) < 4.78 is 5.68. The van der Waals surface area contributed by atoms with E-state index in [1.807, 2.05) is 30.3 Å². The number of hydrogen-bond donors (Lipinski definition) is 1. The number of carbonyl (C=O) groups is 2. The maximum atomic E-state index is 12.7. The highest BCUT2D eigenvalue weighted by atomic mass is 16.5. The first-order valence-corrected chi connectivity index (χ1v) is 9.34. The van der Waals surface area contributed by atoms with Crippen LogP contribution in [0.1, 0.15) is 24.8 Å². The summed E-state index contributed by atoms with van der Waals surface area (Å²) in [5.41, 5.74) is 9.58. The Hall–Kier alpha value is -3.02. The highest BCUT2D eigenvalue weighted by Gasteiger charge is 2.24. The van der Waals surface area contributed by atoms with Crippen molar-refractivity contribution in [3.63, 3.8) is 0 Å². The molecule has 4 rings (SSSR count). The van der Waals surface area contributed by atoms with Gasteiger partial charge in [0.1, 0.15) is 5.75 Å². The molecule has 0 aromatic heterocycles. The van der Waals surface area contributed by atoms with Gasteiger partial charge in [-0.1, -0.05) is 6.07 Å². The van der Waals surface area contributed by atoms with Crippen LogP contribution in [0.5, 0.6) is 5.75 Å². The number of benzene rings is 2. The molecule has 2 amide bonds. The largest absolute Gasteiger partial charge is 0.484 e. The summed E-state index contributed by atoms with van der Waals surface area (Å²) in [5.74, 6) is 0.686. The Morgan fingerprint density at radius 2 is 1.81 bits per heavy atom. The molecular formula is C21H23N3O3. The number of fused-ring (bicyclic) bond motifs is 1. The molecule has 0 bridgehead atoms. The monoisotopic (exact) mass is 365 g/mol.